The van der Waals surface area contributed by atoms with Crippen LogP contribution in [0.25, 0.3) is 0 Å². The number of amides is 1. The van der Waals surface area contributed by atoms with Gasteiger partial charge in [-0.3, -0.25) is 9.69 Å². The van der Waals surface area contributed by atoms with Gasteiger partial charge in [-0.15, -0.1) is 0 Å². The highest BCUT2D eigenvalue weighted by Crippen LogP contribution is 2.28. The summed E-state index contributed by atoms with van der Waals surface area (Å²) in [5.41, 5.74) is 4.61. The summed E-state index contributed by atoms with van der Waals surface area (Å²) in [5, 5.41) is 11.0. The summed E-state index contributed by atoms with van der Waals surface area (Å²) < 4.78 is 18.6. The Morgan fingerprint density at radius 2 is 1.92 bits per heavy atom. The number of aliphatic hydroxyl groups is 1. The lowest BCUT2D eigenvalue weighted by molar-refractivity contribution is -0.157. The van der Waals surface area contributed by atoms with Gasteiger partial charge in [0.15, 0.2) is 5.60 Å². The summed E-state index contributed by atoms with van der Waals surface area (Å²) in [6, 6.07) is 6.43. The minimum Gasteiger partial charge on any atom is -0.388 e. The van der Waals surface area contributed by atoms with E-state index in [4.69, 9.17) is 10.5 Å². The maximum atomic E-state index is 13.0. The van der Waals surface area contributed by atoms with Crippen LogP contribution in [-0.4, -0.2) is 66.4 Å². The molecule has 2 aliphatic rings. The molecule has 0 spiro atoms. The second-order valence-electron chi connectivity index (χ2n) is 7.34. The fourth-order valence-electron chi connectivity index (χ4n) is 3.64. The Morgan fingerprint density at radius 3 is 2.52 bits per heavy atom. The van der Waals surface area contributed by atoms with Crippen molar-refractivity contribution in [1.82, 2.24) is 4.90 Å². The largest absolute Gasteiger partial charge is 0.388 e. The van der Waals surface area contributed by atoms with Crippen molar-refractivity contribution in [1.29, 1.82) is 0 Å². The number of carbonyl (C=O) groups excluding carboxylic acids is 1. The minimum atomic E-state index is -0.997. The molecular formula is C18H26FN3O3. The predicted molar refractivity (Wildman–Crippen MR) is 92.8 cm³/mol. The van der Waals surface area contributed by atoms with Crippen molar-refractivity contribution in [3.05, 3.63) is 30.1 Å². The van der Waals surface area contributed by atoms with E-state index >= 15 is 0 Å². The van der Waals surface area contributed by atoms with Gasteiger partial charge < -0.3 is 20.5 Å². The molecule has 0 saturated carbocycles. The van der Waals surface area contributed by atoms with E-state index in [1.54, 1.807) is 19.1 Å². The van der Waals surface area contributed by atoms with Crippen molar-refractivity contribution in [2.75, 3.05) is 44.2 Å². The number of hydrogen-bond donors (Lipinski definition) is 2. The Labute approximate surface area is 147 Å². The molecule has 0 radical (unpaired) electrons. The van der Waals surface area contributed by atoms with Gasteiger partial charge in [-0.25, -0.2) is 4.39 Å². The fourth-order valence-corrected chi connectivity index (χ4v) is 3.64. The molecule has 1 amide bonds. The number of rotatable bonds is 4. The van der Waals surface area contributed by atoms with Gasteiger partial charge in [0.05, 0.1) is 12.2 Å². The van der Waals surface area contributed by atoms with Gasteiger partial charge >= 0.3 is 0 Å². The third-order valence-corrected chi connectivity index (χ3v) is 5.28. The lowest BCUT2D eigenvalue weighted by atomic mass is 9.89. The first-order valence-electron chi connectivity index (χ1n) is 8.69. The van der Waals surface area contributed by atoms with Gasteiger partial charge in [-0.05, 0) is 44.0 Å². The summed E-state index contributed by atoms with van der Waals surface area (Å²) in [6.07, 6.45) is 1.24. The Morgan fingerprint density at radius 1 is 1.28 bits per heavy atom. The highest BCUT2D eigenvalue weighted by atomic mass is 19.1. The molecule has 3 N–H and O–H groups in total. The average Bonchev–Trinajstić information content (AvgIpc) is 2.56. The molecule has 138 valence electrons. The smallest absolute Gasteiger partial charge is 0.250 e. The number of primary amides is 1. The number of β-amino-alcohol motifs (C(OH)–C–C–N with tert-alkyl or cyclic N) is 1. The number of nitrogens with two attached hydrogens (primary N) is 1. The Balaban J connectivity index is 1.57. The van der Waals surface area contributed by atoms with E-state index in [2.05, 4.69) is 9.80 Å². The van der Waals surface area contributed by atoms with Crippen molar-refractivity contribution in [3.63, 3.8) is 0 Å². The maximum Gasteiger partial charge on any atom is 0.250 e. The second-order valence-corrected chi connectivity index (χ2v) is 7.34. The van der Waals surface area contributed by atoms with Crippen LogP contribution >= 0.6 is 0 Å². The van der Waals surface area contributed by atoms with E-state index in [0.29, 0.717) is 52.2 Å². The van der Waals surface area contributed by atoms with Crippen molar-refractivity contribution in [2.24, 2.45) is 5.73 Å². The first kappa shape index (κ1) is 18.1. The monoisotopic (exact) mass is 351 g/mol. The number of nitrogens with zero attached hydrogens (tertiary/aromatic N) is 2. The van der Waals surface area contributed by atoms with Crippen molar-refractivity contribution < 1.29 is 19.0 Å². The summed E-state index contributed by atoms with van der Waals surface area (Å²) in [6.45, 7) is 5.11. The summed E-state index contributed by atoms with van der Waals surface area (Å²) in [7, 11) is 0. The number of benzene rings is 1. The van der Waals surface area contributed by atoms with Gasteiger partial charge in [0.2, 0.25) is 0 Å². The molecule has 6 nitrogen and oxygen atoms in total. The normalized spacial score (nSPS) is 27.2. The van der Waals surface area contributed by atoms with Crippen LogP contribution in [0, 0.1) is 5.82 Å². The highest BCUT2D eigenvalue weighted by molar-refractivity contribution is 5.83. The van der Waals surface area contributed by atoms with Gasteiger partial charge in [-0.1, -0.05) is 0 Å². The van der Waals surface area contributed by atoms with E-state index in [1.807, 2.05) is 0 Å². The minimum absolute atomic E-state index is 0.248. The van der Waals surface area contributed by atoms with Gasteiger partial charge in [-0.2, -0.15) is 0 Å². The molecule has 2 heterocycles. The molecule has 1 atom stereocenters. The zero-order valence-corrected chi connectivity index (χ0v) is 14.6. The molecule has 2 fully saturated rings. The van der Waals surface area contributed by atoms with E-state index in [0.717, 1.165) is 5.69 Å². The zero-order valence-electron chi connectivity index (χ0n) is 14.6. The molecule has 0 aromatic heterocycles. The number of piperidine rings is 1. The summed E-state index contributed by atoms with van der Waals surface area (Å²) in [5.74, 6) is -0.725. The third kappa shape index (κ3) is 4.11. The Hall–Kier alpha value is -1.70. The van der Waals surface area contributed by atoms with E-state index in [-0.39, 0.29) is 5.82 Å². The topological polar surface area (TPSA) is 79.0 Å². The quantitative estimate of drug-likeness (QED) is 0.836. The molecule has 2 saturated heterocycles. The van der Waals surface area contributed by atoms with Crippen molar-refractivity contribution >= 4 is 11.6 Å². The third-order valence-electron chi connectivity index (χ3n) is 5.28. The highest BCUT2D eigenvalue weighted by Gasteiger charge is 2.41. The summed E-state index contributed by atoms with van der Waals surface area (Å²) in [4.78, 5) is 15.8. The van der Waals surface area contributed by atoms with Crippen LogP contribution in [0.3, 0.4) is 0 Å². The molecule has 2 aliphatic heterocycles. The van der Waals surface area contributed by atoms with Crippen LogP contribution in [0.5, 0.6) is 0 Å². The first-order valence-corrected chi connectivity index (χ1v) is 8.69. The van der Waals surface area contributed by atoms with Crippen molar-refractivity contribution in [2.45, 2.75) is 31.0 Å². The number of hydrogen-bond acceptors (Lipinski definition) is 5. The van der Waals surface area contributed by atoms with E-state index < -0.39 is 17.1 Å². The standard InChI is InChI=1S/C18H26FN3O3/c1-17(16(20)23)12-21(10-11-25-17)13-18(24)6-8-22(9-7-18)15-4-2-14(19)3-5-15/h2-5,24H,6-13H2,1H3,(H2,20,23)/t17-/m0/s1. The SMILES string of the molecule is C[C@@]1(C(N)=O)CN(CC2(O)CCN(c3ccc(F)cc3)CC2)CCO1. The Kier molecular flexibility index (Phi) is 4.99. The molecule has 1 aromatic carbocycles. The van der Waals surface area contributed by atoms with Crippen LogP contribution in [0.15, 0.2) is 24.3 Å². The Bertz CT molecular complexity index is 616. The van der Waals surface area contributed by atoms with Crippen LogP contribution in [-0.2, 0) is 9.53 Å². The van der Waals surface area contributed by atoms with Crippen molar-refractivity contribution in [3.8, 4) is 0 Å². The molecule has 0 unspecified atom stereocenters. The maximum absolute atomic E-state index is 13.0. The number of anilines is 1. The van der Waals surface area contributed by atoms with Crippen LogP contribution in [0.2, 0.25) is 0 Å². The van der Waals surface area contributed by atoms with Crippen LogP contribution in [0.1, 0.15) is 19.8 Å². The lowest BCUT2D eigenvalue weighted by Crippen LogP contribution is -2.60. The predicted octanol–water partition coefficient (Wildman–Crippen LogP) is 0.733. The number of carbonyl (C=O) groups is 1. The molecule has 7 heteroatoms. The van der Waals surface area contributed by atoms with E-state index in [9.17, 15) is 14.3 Å². The molecule has 3 rings (SSSR count). The first-order chi connectivity index (χ1) is 11.8. The average molecular weight is 351 g/mol. The molecular weight excluding hydrogens is 325 g/mol. The summed E-state index contributed by atoms with van der Waals surface area (Å²) >= 11 is 0. The number of ether oxygens (including phenoxy) is 1. The molecule has 25 heavy (non-hydrogen) atoms. The molecule has 0 bridgehead atoms. The van der Waals surface area contributed by atoms with Gasteiger partial charge in [0.1, 0.15) is 5.82 Å². The number of morpholine rings is 1. The van der Waals surface area contributed by atoms with Gasteiger partial charge in [0.25, 0.3) is 5.91 Å². The van der Waals surface area contributed by atoms with Gasteiger partial charge in [0, 0.05) is 38.4 Å². The second kappa shape index (κ2) is 6.90. The molecule has 0 aliphatic carbocycles. The fraction of sp³-hybridized carbons (Fsp3) is 0.611. The lowest BCUT2D eigenvalue weighted by Gasteiger charge is -2.45. The van der Waals surface area contributed by atoms with E-state index in [1.165, 1.54) is 12.1 Å². The van der Waals surface area contributed by atoms with Crippen LogP contribution < -0.4 is 10.6 Å². The molecule has 1 aromatic rings. The zero-order chi connectivity index (χ0) is 18.1. The number of halogens is 1. The van der Waals surface area contributed by atoms with Crippen LogP contribution in [0.4, 0.5) is 10.1 Å².